The first-order valence-corrected chi connectivity index (χ1v) is 6.59. The Kier molecular flexibility index (Phi) is 4.06. The van der Waals surface area contributed by atoms with E-state index in [1.807, 2.05) is 0 Å². The fraction of sp³-hybridized carbons (Fsp3) is 0.400. The van der Waals surface area contributed by atoms with Gasteiger partial charge in [0.25, 0.3) is 0 Å². The number of carbonyl (C=O) groups excluding carboxylic acids is 1. The van der Waals surface area contributed by atoms with Crippen molar-refractivity contribution in [3.8, 4) is 5.75 Å². The number of aldehydes is 1. The normalized spacial score (nSPS) is 21.3. The number of carbonyl (C=O) groups is 1. The Balaban J connectivity index is 2.06. The number of hydrogen-bond donors (Lipinski definition) is 0. The summed E-state index contributed by atoms with van der Waals surface area (Å²) in [5.41, 5.74) is -0.858. The molecule has 0 N–H and O–H groups in total. The molecule has 0 saturated heterocycles. The van der Waals surface area contributed by atoms with Crippen molar-refractivity contribution < 1.29 is 18.8 Å². The molecule has 0 unspecified atom stereocenters. The van der Waals surface area contributed by atoms with Crippen LogP contribution in [-0.4, -0.2) is 22.9 Å². The minimum atomic E-state index is -1.09. The highest BCUT2D eigenvalue weighted by Gasteiger charge is 2.42. The maximum Gasteiger partial charge on any atom is 0.223 e. The van der Waals surface area contributed by atoms with Gasteiger partial charge in [-0.2, -0.15) is 0 Å². The van der Waals surface area contributed by atoms with Crippen molar-refractivity contribution in [1.29, 1.82) is 0 Å². The third-order valence-electron chi connectivity index (χ3n) is 3.79. The predicted octanol–water partition coefficient (Wildman–Crippen LogP) is 3.02. The summed E-state index contributed by atoms with van der Waals surface area (Å²) in [6.07, 6.45) is 4.01. The minimum absolute atomic E-state index is 0.0369. The van der Waals surface area contributed by atoms with E-state index in [-0.39, 0.29) is 22.2 Å². The zero-order valence-corrected chi connectivity index (χ0v) is 11.8. The largest absolute Gasteiger partial charge is 0.483 e. The second kappa shape index (κ2) is 5.63. The third kappa shape index (κ3) is 3.09. The summed E-state index contributed by atoms with van der Waals surface area (Å²) >= 11 is 0. The second-order valence-electron chi connectivity index (χ2n) is 5.60. The number of rotatable bonds is 5. The van der Waals surface area contributed by atoms with Crippen LogP contribution in [0.25, 0.3) is 0 Å². The summed E-state index contributed by atoms with van der Waals surface area (Å²) in [6, 6.07) is 3.95. The molecule has 5 nitrogen and oxygen atoms in total. The lowest BCUT2D eigenvalue weighted by Crippen LogP contribution is -2.38. The molecule has 0 aliphatic heterocycles. The number of nitro groups is 1. The molecule has 0 heterocycles. The van der Waals surface area contributed by atoms with Gasteiger partial charge in [-0.15, -0.1) is 0 Å². The first kappa shape index (κ1) is 15.2. The highest BCUT2D eigenvalue weighted by molar-refractivity contribution is 5.74. The van der Waals surface area contributed by atoms with Crippen LogP contribution in [0.4, 0.5) is 4.39 Å². The lowest BCUT2D eigenvalue weighted by molar-refractivity contribution is -0.568. The summed E-state index contributed by atoms with van der Waals surface area (Å²) in [6.45, 7) is 3.12. The van der Waals surface area contributed by atoms with Gasteiger partial charge in [0.2, 0.25) is 5.54 Å². The van der Waals surface area contributed by atoms with Gasteiger partial charge in [0.1, 0.15) is 12.4 Å². The lowest BCUT2D eigenvalue weighted by atomic mass is 9.87. The quantitative estimate of drug-likeness (QED) is 0.362. The van der Waals surface area contributed by atoms with Crippen molar-refractivity contribution in [3.63, 3.8) is 0 Å². The smallest absolute Gasteiger partial charge is 0.223 e. The Hall–Kier alpha value is -2.24. The van der Waals surface area contributed by atoms with E-state index in [9.17, 15) is 19.3 Å². The van der Waals surface area contributed by atoms with Gasteiger partial charge in [-0.05, 0) is 24.3 Å². The van der Waals surface area contributed by atoms with E-state index in [1.165, 1.54) is 12.1 Å². The van der Waals surface area contributed by atoms with E-state index in [0.29, 0.717) is 12.7 Å². The summed E-state index contributed by atoms with van der Waals surface area (Å²) in [5, 5.41) is 11.0. The zero-order chi connectivity index (χ0) is 15.6. The molecule has 21 heavy (non-hydrogen) atoms. The van der Waals surface area contributed by atoms with E-state index >= 15 is 0 Å². The van der Waals surface area contributed by atoms with Crippen molar-refractivity contribution >= 4 is 6.29 Å². The maximum atomic E-state index is 13.7. The molecule has 0 radical (unpaired) electrons. The van der Waals surface area contributed by atoms with E-state index in [4.69, 9.17) is 4.74 Å². The van der Waals surface area contributed by atoms with Crippen LogP contribution in [-0.2, 0) is 0 Å². The Labute approximate surface area is 121 Å². The van der Waals surface area contributed by atoms with Crippen LogP contribution >= 0.6 is 0 Å². The highest BCUT2D eigenvalue weighted by Crippen LogP contribution is 2.33. The number of nitrogens with zero attached hydrogens (tertiary/aromatic N) is 1. The van der Waals surface area contributed by atoms with E-state index in [0.717, 1.165) is 6.07 Å². The van der Waals surface area contributed by atoms with Crippen LogP contribution in [0.2, 0.25) is 0 Å². The molecule has 112 valence electrons. The lowest BCUT2D eigenvalue weighted by Gasteiger charge is -2.22. The Morgan fingerprint density at radius 2 is 2.14 bits per heavy atom. The molecule has 1 aliphatic carbocycles. The van der Waals surface area contributed by atoms with Gasteiger partial charge < -0.3 is 4.74 Å². The molecule has 1 aromatic carbocycles. The van der Waals surface area contributed by atoms with Gasteiger partial charge in [0.15, 0.2) is 11.6 Å². The van der Waals surface area contributed by atoms with Gasteiger partial charge >= 0.3 is 0 Å². The summed E-state index contributed by atoms with van der Waals surface area (Å²) in [5.74, 6) is -0.852. The van der Waals surface area contributed by atoms with Crippen LogP contribution in [0, 0.1) is 21.8 Å². The van der Waals surface area contributed by atoms with Gasteiger partial charge in [-0.3, -0.25) is 14.9 Å². The van der Waals surface area contributed by atoms with E-state index in [2.05, 4.69) is 0 Å². The molecule has 1 aromatic rings. The molecule has 6 heteroatoms. The number of benzene rings is 1. The fourth-order valence-electron chi connectivity index (χ4n) is 2.26. The van der Waals surface area contributed by atoms with Crippen LogP contribution in [0.1, 0.15) is 30.6 Å². The van der Waals surface area contributed by atoms with Gasteiger partial charge in [-0.25, -0.2) is 4.39 Å². The standard InChI is InChI=1S/C15H16FNO4/c1-15(2,17(19)20)11-4-5-12(8-11)21-14-6-3-10(9-18)7-13(14)16/h3-7,9,11-12H,8H2,1-2H3/t11-,12+/m1/s1. The van der Waals surface area contributed by atoms with Crippen LogP contribution in [0.3, 0.4) is 0 Å². The zero-order valence-electron chi connectivity index (χ0n) is 11.8. The van der Waals surface area contributed by atoms with Crippen molar-refractivity contribution in [1.82, 2.24) is 0 Å². The van der Waals surface area contributed by atoms with E-state index in [1.54, 1.807) is 26.0 Å². The maximum absolute atomic E-state index is 13.7. The van der Waals surface area contributed by atoms with Crippen molar-refractivity contribution in [2.45, 2.75) is 31.9 Å². The summed E-state index contributed by atoms with van der Waals surface area (Å²) < 4.78 is 19.2. The van der Waals surface area contributed by atoms with Crippen molar-refractivity contribution in [2.75, 3.05) is 0 Å². The molecular weight excluding hydrogens is 277 g/mol. The molecule has 0 amide bonds. The molecule has 0 saturated carbocycles. The number of ether oxygens (including phenoxy) is 1. The van der Waals surface area contributed by atoms with Gasteiger partial charge in [-0.1, -0.05) is 6.08 Å². The highest BCUT2D eigenvalue weighted by atomic mass is 19.1. The number of halogens is 1. The molecule has 0 spiro atoms. The Morgan fingerprint density at radius 1 is 1.43 bits per heavy atom. The van der Waals surface area contributed by atoms with Crippen LogP contribution < -0.4 is 4.74 Å². The van der Waals surface area contributed by atoms with Crippen molar-refractivity contribution in [3.05, 3.63) is 51.8 Å². The van der Waals surface area contributed by atoms with Crippen LogP contribution in [0.15, 0.2) is 30.4 Å². The van der Waals surface area contributed by atoms with E-state index < -0.39 is 17.5 Å². The molecule has 0 bridgehead atoms. The Morgan fingerprint density at radius 3 is 2.71 bits per heavy atom. The summed E-state index contributed by atoms with van der Waals surface area (Å²) in [7, 11) is 0. The predicted molar refractivity (Wildman–Crippen MR) is 74.5 cm³/mol. The fourth-order valence-corrected chi connectivity index (χ4v) is 2.26. The Bertz CT molecular complexity index is 597. The second-order valence-corrected chi connectivity index (χ2v) is 5.60. The van der Waals surface area contributed by atoms with Gasteiger partial charge in [0, 0.05) is 30.8 Å². The number of hydrogen-bond acceptors (Lipinski definition) is 4. The third-order valence-corrected chi connectivity index (χ3v) is 3.79. The SMILES string of the molecule is CC(C)([C@@H]1C=C[C@H](Oc2ccc(C=O)cc2F)C1)[N+](=O)[O-]. The molecule has 2 rings (SSSR count). The van der Waals surface area contributed by atoms with Gasteiger partial charge in [0.05, 0.1) is 5.92 Å². The first-order valence-electron chi connectivity index (χ1n) is 6.59. The molecule has 2 atom stereocenters. The topological polar surface area (TPSA) is 69.4 Å². The molecular formula is C15H16FNO4. The minimum Gasteiger partial charge on any atom is -0.483 e. The average molecular weight is 293 g/mol. The molecule has 0 aromatic heterocycles. The average Bonchev–Trinajstić information content (AvgIpc) is 2.90. The van der Waals surface area contributed by atoms with Crippen molar-refractivity contribution in [2.24, 2.45) is 5.92 Å². The monoisotopic (exact) mass is 293 g/mol. The molecule has 0 fully saturated rings. The summed E-state index contributed by atoms with van der Waals surface area (Å²) in [4.78, 5) is 21.3. The van der Waals surface area contributed by atoms with Crippen LogP contribution in [0.5, 0.6) is 5.75 Å². The molecule has 1 aliphatic rings. The first-order chi connectivity index (χ1) is 9.84.